The van der Waals surface area contributed by atoms with Gasteiger partial charge in [0.05, 0.1) is 0 Å². The van der Waals surface area contributed by atoms with Crippen molar-refractivity contribution in [2.75, 3.05) is 26.2 Å². The zero-order valence-electron chi connectivity index (χ0n) is 8.87. The van der Waals surface area contributed by atoms with Crippen LogP contribution in [0.1, 0.15) is 25.7 Å². The Morgan fingerprint density at radius 1 is 1.20 bits per heavy atom. The molecule has 0 spiro atoms. The lowest BCUT2D eigenvalue weighted by Crippen LogP contribution is -2.34. The summed E-state index contributed by atoms with van der Waals surface area (Å²) in [4.78, 5) is 0. The molecule has 15 heavy (non-hydrogen) atoms. The number of hydrogen-bond donors (Lipinski definition) is 2. The normalized spacial score (nSPS) is 19.4. The Labute approximate surface area is 88.6 Å². The zero-order valence-corrected chi connectivity index (χ0v) is 8.87. The highest BCUT2D eigenvalue weighted by Gasteiger charge is 2.25. The van der Waals surface area contributed by atoms with Gasteiger partial charge in [-0.1, -0.05) is 0 Å². The third-order valence-corrected chi connectivity index (χ3v) is 2.71. The van der Waals surface area contributed by atoms with Crippen molar-refractivity contribution in [1.29, 1.82) is 0 Å². The molecule has 1 saturated heterocycles. The second-order valence-corrected chi connectivity index (χ2v) is 4.12. The van der Waals surface area contributed by atoms with Gasteiger partial charge >= 0.3 is 6.18 Å². The second kappa shape index (κ2) is 6.33. The first-order valence-electron chi connectivity index (χ1n) is 5.56. The van der Waals surface area contributed by atoms with E-state index in [0.717, 1.165) is 32.5 Å². The van der Waals surface area contributed by atoms with Gasteiger partial charge in [0.2, 0.25) is 0 Å². The number of nitrogens with one attached hydrogen (secondary N) is 2. The van der Waals surface area contributed by atoms with Crippen molar-refractivity contribution in [2.24, 2.45) is 5.92 Å². The molecule has 0 atom stereocenters. The van der Waals surface area contributed by atoms with E-state index < -0.39 is 12.6 Å². The Kier molecular flexibility index (Phi) is 5.39. The number of rotatable bonds is 5. The maximum atomic E-state index is 11.8. The van der Waals surface area contributed by atoms with Gasteiger partial charge in [0, 0.05) is 6.42 Å². The van der Waals surface area contributed by atoms with Crippen LogP contribution in [-0.4, -0.2) is 32.4 Å². The minimum Gasteiger partial charge on any atom is -0.317 e. The fourth-order valence-corrected chi connectivity index (χ4v) is 1.81. The summed E-state index contributed by atoms with van der Waals surface area (Å²) < 4.78 is 35.4. The molecule has 0 aromatic carbocycles. The van der Waals surface area contributed by atoms with Crippen LogP contribution >= 0.6 is 0 Å². The summed E-state index contributed by atoms with van der Waals surface area (Å²) in [5.74, 6) is 0.636. The third kappa shape index (κ3) is 6.73. The summed E-state index contributed by atoms with van der Waals surface area (Å²) in [6.45, 7) is 3.41. The molecular formula is C10H19F3N2. The van der Waals surface area contributed by atoms with Crippen LogP contribution < -0.4 is 10.6 Å². The number of piperidine rings is 1. The van der Waals surface area contributed by atoms with Gasteiger partial charge in [-0.3, -0.25) is 0 Å². The van der Waals surface area contributed by atoms with E-state index >= 15 is 0 Å². The molecule has 1 fully saturated rings. The first-order chi connectivity index (χ1) is 7.08. The first kappa shape index (κ1) is 12.8. The van der Waals surface area contributed by atoms with Gasteiger partial charge < -0.3 is 10.6 Å². The van der Waals surface area contributed by atoms with Crippen molar-refractivity contribution in [1.82, 2.24) is 10.6 Å². The maximum absolute atomic E-state index is 11.8. The Balaban J connectivity index is 1.92. The molecular weight excluding hydrogens is 205 g/mol. The van der Waals surface area contributed by atoms with Crippen molar-refractivity contribution in [3.8, 4) is 0 Å². The Bertz CT molecular complexity index is 165. The number of halogens is 3. The highest BCUT2D eigenvalue weighted by molar-refractivity contribution is 4.70. The molecule has 0 aromatic rings. The van der Waals surface area contributed by atoms with Crippen molar-refractivity contribution in [2.45, 2.75) is 31.9 Å². The molecule has 0 unspecified atom stereocenters. The lowest BCUT2D eigenvalue weighted by Gasteiger charge is -2.22. The van der Waals surface area contributed by atoms with Gasteiger partial charge in [-0.15, -0.1) is 0 Å². The standard InChI is InChI=1S/C10H19F3N2/c11-10(12,13)4-1-5-15-8-9-2-6-14-7-3-9/h9,14-15H,1-8H2. The number of alkyl halides is 3. The Morgan fingerprint density at radius 3 is 2.47 bits per heavy atom. The predicted molar refractivity (Wildman–Crippen MR) is 53.8 cm³/mol. The van der Waals surface area contributed by atoms with Crippen LogP contribution in [0.15, 0.2) is 0 Å². The minimum atomic E-state index is -4.00. The molecule has 5 heteroatoms. The van der Waals surface area contributed by atoms with Crippen molar-refractivity contribution in [3.05, 3.63) is 0 Å². The fourth-order valence-electron chi connectivity index (χ4n) is 1.81. The monoisotopic (exact) mass is 224 g/mol. The predicted octanol–water partition coefficient (Wildman–Crippen LogP) is 1.92. The molecule has 2 N–H and O–H groups in total. The van der Waals surface area contributed by atoms with E-state index in [-0.39, 0.29) is 6.42 Å². The molecule has 0 amide bonds. The molecule has 0 radical (unpaired) electrons. The Morgan fingerprint density at radius 2 is 1.87 bits per heavy atom. The highest BCUT2D eigenvalue weighted by atomic mass is 19.4. The molecule has 1 aliphatic heterocycles. The average molecular weight is 224 g/mol. The SMILES string of the molecule is FC(F)(F)CCCNCC1CCNCC1. The van der Waals surface area contributed by atoms with E-state index in [1.807, 2.05) is 0 Å². The summed E-state index contributed by atoms with van der Waals surface area (Å²) in [7, 11) is 0. The van der Waals surface area contributed by atoms with Crippen LogP contribution in [-0.2, 0) is 0 Å². The molecule has 1 rings (SSSR count). The van der Waals surface area contributed by atoms with Gasteiger partial charge in [-0.05, 0) is 51.4 Å². The summed E-state index contributed by atoms with van der Waals surface area (Å²) >= 11 is 0. The lowest BCUT2D eigenvalue weighted by atomic mass is 9.98. The largest absolute Gasteiger partial charge is 0.389 e. The average Bonchev–Trinajstić information content (AvgIpc) is 2.17. The topological polar surface area (TPSA) is 24.1 Å². The van der Waals surface area contributed by atoms with E-state index in [1.54, 1.807) is 0 Å². The summed E-state index contributed by atoms with van der Waals surface area (Å²) in [6, 6.07) is 0. The fraction of sp³-hybridized carbons (Fsp3) is 1.00. The van der Waals surface area contributed by atoms with Crippen LogP contribution in [0.3, 0.4) is 0 Å². The summed E-state index contributed by atoms with van der Waals surface area (Å²) in [5, 5.41) is 6.36. The van der Waals surface area contributed by atoms with Gasteiger partial charge in [0.1, 0.15) is 0 Å². The first-order valence-corrected chi connectivity index (χ1v) is 5.56. The molecule has 0 bridgehead atoms. The molecule has 0 aliphatic carbocycles. The smallest absolute Gasteiger partial charge is 0.317 e. The number of hydrogen-bond acceptors (Lipinski definition) is 2. The van der Waals surface area contributed by atoms with Crippen LogP contribution in [0.25, 0.3) is 0 Å². The van der Waals surface area contributed by atoms with Crippen LogP contribution in [0, 0.1) is 5.92 Å². The summed E-state index contributed by atoms with van der Waals surface area (Å²) in [5.41, 5.74) is 0. The lowest BCUT2D eigenvalue weighted by molar-refractivity contribution is -0.135. The van der Waals surface area contributed by atoms with E-state index in [9.17, 15) is 13.2 Å². The van der Waals surface area contributed by atoms with Crippen LogP contribution in [0.5, 0.6) is 0 Å². The highest BCUT2D eigenvalue weighted by Crippen LogP contribution is 2.20. The van der Waals surface area contributed by atoms with E-state index in [0.29, 0.717) is 12.5 Å². The van der Waals surface area contributed by atoms with Crippen LogP contribution in [0.2, 0.25) is 0 Å². The molecule has 0 aromatic heterocycles. The Hall–Kier alpha value is -0.290. The van der Waals surface area contributed by atoms with Crippen molar-refractivity contribution in [3.63, 3.8) is 0 Å². The van der Waals surface area contributed by atoms with Crippen LogP contribution in [0.4, 0.5) is 13.2 Å². The van der Waals surface area contributed by atoms with Crippen molar-refractivity contribution >= 4 is 0 Å². The molecule has 90 valence electrons. The molecule has 0 saturated carbocycles. The van der Waals surface area contributed by atoms with E-state index in [1.165, 1.54) is 0 Å². The second-order valence-electron chi connectivity index (χ2n) is 4.12. The molecule has 2 nitrogen and oxygen atoms in total. The van der Waals surface area contributed by atoms with Gasteiger partial charge in [-0.2, -0.15) is 13.2 Å². The van der Waals surface area contributed by atoms with E-state index in [2.05, 4.69) is 10.6 Å². The third-order valence-electron chi connectivity index (χ3n) is 2.71. The van der Waals surface area contributed by atoms with Crippen molar-refractivity contribution < 1.29 is 13.2 Å². The summed E-state index contributed by atoms with van der Waals surface area (Å²) in [6.07, 6.45) is -2.23. The molecule has 1 heterocycles. The molecule has 1 aliphatic rings. The maximum Gasteiger partial charge on any atom is 0.389 e. The minimum absolute atomic E-state index is 0.189. The van der Waals surface area contributed by atoms with Gasteiger partial charge in [0.15, 0.2) is 0 Å². The van der Waals surface area contributed by atoms with Gasteiger partial charge in [-0.25, -0.2) is 0 Å². The quantitative estimate of drug-likeness (QED) is 0.697. The van der Waals surface area contributed by atoms with E-state index in [4.69, 9.17) is 0 Å². The zero-order chi connectivity index (χ0) is 11.1. The van der Waals surface area contributed by atoms with Gasteiger partial charge in [0.25, 0.3) is 0 Å².